The average molecular weight is 182 g/mol. The summed E-state index contributed by atoms with van der Waals surface area (Å²) in [6.07, 6.45) is 6.87. The van der Waals surface area contributed by atoms with Crippen molar-refractivity contribution in [3.63, 3.8) is 0 Å². The first kappa shape index (κ1) is 10.7. The molecule has 0 aliphatic heterocycles. The number of hydrogen-bond donors (Lipinski definition) is 2. The first-order valence-corrected chi connectivity index (χ1v) is 5.31. The fourth-order valence-corrected chi connectivity index (χ4v) is 2.31. The maximum Gasteiger partial charge on any atom is 0.0329 e. The van der Waals surface area contributed by atoms with Crippen molar-refractivity contribution in [1.82, 2.24) is 5.32 Å². The highest BCUT2D eigenvalue weighted by Crippen LogP contribution is 2.34. The summed E-state index contributed by atoms with van der Waals surface area (Å²) in [5.41, 5.74) is 6.08. The molecule has 0 heterocycles. The Morgan fingerprint density at radius 3 is 2.92 bits per heavy atom. The van der Waals surface area contributed by atoms with Gasteiger partial charge in [-0.05, 0) is 31.7 Å². The van der Waals surface area contributed by atoms with Crippen LogP contribution < -0.4 is 11.1 Å². The van der Waals surface area contributed by atoms with Crippen LogP contribution in [0, 0.1) is 5.92 Å². The molecule has 0 saturated heterocycles. The Balaban J connectivity index is 2.43. The van der Waals surface area contributed by atoms with E-state index in [1.165, 1.54) is 19.3 Å². The van der Waals surface area contributed by atoms with Crippen LogP contribution in [0.1, 0.15) is 32.6 Å². The van der Waals surface area contributed by atoms with Gasteiger partial charge in [0.2, 0.25) is 0 Å². The summed E-state index contributed by atoms with van der Waals surface area (Å²) >= 11 is 0. The second-order valence-corrected chi connectivity index (χ2v) is 4.16. The largest absolute Gasteiger partial charge is 0.329 e. The molecule has 0 aromatic rings. The zero-order valence-electron chi connectivity index (χ0n) is 8.68. The molecule has 0 radical (unpaired) electrons. The summed E-state index contributed by atoms with van der Waals surface area (Å²) in [5, 5.41) is 3.60. The highest BCUT2D eigenvalue weighted by atomic mass is 15.0. The number of nitrogens with two attached hydrogens (primary N) is 1. The first-order chi connectivity index (χ1) is 6.25. The van der Waals surface area contributed by atoms with E-state index in [0.29, 0.717) is 0 Å². The maximum atomic E-state index is 5.85. The van der Waals surface area contributed by atoms with Crippen molar-refractivity contribution in [2.45, 2.75) is 38.1 Å². The van der Waals surface area contributed by atoms with Gasteiger partial charge >= 0.3 is 0 Å². The summed E-state index contributed by atoms with van der Waals surface area (Å²) in [4.78, 5) is 0. The molecule has 76 valence electrons. The van der Waals surface area contributed by atoms with Crippen molar-refractivity contribution in [2.24, 2.45) is 11.7 Å². The standard InChI is InChI=1S/C11H22N2/c1-3-4-8-13-11(9-12)7-5-6-10(11)2/h3,10,13H,1,4-9,12H2,2H3. The van der Waals surface area contributed by atoms with Crippen LogP contribution in [0.4, 0.5) is 0 Å². The van der Waals surface area contributed by atoms with Gasteiger partial charge in [-0.25, -0.2) is 0 Å². The van der Waals surface area contributed by atoms with Gasteiger partial charge in [-0.3, -0.25) is 0 Å². The Bertz CT molecular complexity index is 167. The SMILES string of the molecule is C=CCCNC1(CN)CCCC1C. The lowest BCUT2D eigenvalue weighted by molar-refractivity contribution is 0.269. The lowest BCUT2D eigenvalue weighted by Crippen LogP contribution is -2.53. The predicted molar refractivity (Wildman–Crippen MR) is 57.6 cm³/mol. The van der Waals surface area contributed by atoms with E-state index in [4.69, 9.17) is 5.73 Å². The normalized spacial score (nSPS) is 33.5. The van der Waals surface area contributed by atoms with E-state index < -0.39 is 0 Å². The van der Waals surface area contributed by atoms with Gasteiger partial charge < -0.3 is 11.1 Å². The Hall–Kier alpha value is -0.340. The maximum absolute atomic E-state index is 5.85. The van der Waals surface area contributed by atoms with Crippen molar-refractivity contribution in [3.8, 4) is 0 Å². The van der Waals surface area contributed by atoms with Gasteiger partial charge in [0, 0.05) is 12.1 Å². The molecule has 2 nitrogen and oxygen atoms in total. The van der Waals surface area contributed by atoms with Crippen molar-refractivity contribution in [3.05, 3.63) is 12.7 Å². The summed E-state index contributed by atoms with van der Waals surface area (Å²) < 4.78 is 0. The Morgan fingerprint density at radius 2 is 2.46 bits per heavy atom. The van der Waals surface area contributed by atoms with Gasteiger partial charge in [0.05, 0.1) is 0 Å². The van der Waals surface area contributed by atoms with Gasteiger partial charge in [-0.15, -0.1) is 6.58 Å². The lowest BCUT2D eigenvalue weighted by atomic mass is 9.88. The fourth-order valence-electron chi connectivity index (χ4n) is 2.31. The number of hydrogen-bond acceptors (Lipinski definition) is 2. The van der Waals surface area contributed by atoms with Crippen LogP contribution in [0.5, 0.6) is 0 Å². The van der Waals surface area contributed by atoms with Crippen LogP contribution in [0.2, 0.25) is 0 Å². The molecule has 1 saturated carbocycles. The minimum absolute atomic E-state index is 0.225. The van der Waals surface area contributed by atoms with Crippen LogP contribution in [0.3, 0.4) is 0 Å². The molecule has 2 unspecified atom stereocenters. The minimum Gasteiger partial charge on any atom is -0.329 e. The fraction of sp³-hybridized carbons (Fsp3) is 0.818. The summed E-state index contributed by atoms with van der Waals surface area (Å²) in [7, 11) is 0. The first-order valence-electron chi connectivity index (χ1n) is 5.31. The summed E-state index contributed by atoms with van der Waals surface area (Å²) in [6, 6.07) is 0. The molecule has 1 aliphatic rings. The zero-order valence-corrected chi connectivity index (χ0v) is 8.68. The number of rotatable bonds is 5. The smallest absolute Gasteiger partial charge is 0.0329 e. The van der Waals surface area contributed by atoms with Crippen LogP contribution in [-0.4, -0.2) is 18.6 Å². The molecular formula is C11H22N2. The van der Waals surface area contributed by atoms with Crippen LogP contribution in [0.25, 0.3) is 0 Å². The molecule has 2 heteroatoms. The highest BCUT2D eigenvalue weighted by Gasteiger charge is 2.37. The second kappa shape index (κ2) is 4.77. The highest BCUT2D eigenvalue weighted by molar-refractivity contribution is 4.98. The van der Waals surface area contributed by atoms with Gasteiger partial charge in [-0.2, -0.15) is 0 Å². The Kier molecular flexibility index (Phi) is 3.94. The molecule has 0 aromatic carbocycles. The second-order valence-electron chi connectivity index (χ2n) is 4.16. The third-order valence-corrected chi connectivity index (χ3v) is 3.39. The molecule has 0 aromatic heterocycles. The average Bonchev–Trinajstić information content (AvgIpc) is 2.49. The molecule has 0 bridgehead atoms. The lowest BCUT2D eigenvalue weighted by Gasteiger charge is -2.33. The van der Waals surface area contributed by atoms with Crippen LogP contribution in [0.15, 0.2) is 12.7 Å². The Morgan fingerprint density at radius 1 is 1.69 bits per heavy atom. The molecule has 13 heavy (non-hydrogen) atoms. The quantitative estimate of drug-likeness (QED) is 0.501. The van der Waals surface area contributed by atoms with Gasteiger partial charge in [-0.1, -0.05) is 19.4 Å². The topological polar surface area (TPSA) is 38.0 Å². The van der Waals surface area contributed by atoms with Gasteiger partial charge in [0.15, 0.2) is 0 Å². The molecule has 1 fully saturated rings. The molecule has 3 N–H and O–H groups in total. The summed E-state index contributed by atoms with van der Waals surface area (Å²) in [5.74, 6) is 0.724. The summed E-state index contributed by atoms with van der Waals surface area (Å²) in [6.45, 7) is 7.82. The molecule has 1 rings (SSSR count). The Labute approximate surface area is 81.6 Å². The minimum atomic E-state index is 0.225. The third kappa shape index (κ3) is 2.32. The van der Waals surface area contributed by atoms with Crippen molar-refractivity contribution in [2.75, 3.05) is 13.1 Å². The molecule has 0 amide bonds. The van der Waals surface area contributed by atoms with Gasteiger partial charge in [0.1, 0.15) is 0 Å². The van der Waals surface area contributed by atoms with Gasteiger partial charge in [0.25, 0.3) is 0 Å². The monoisotopic (exact) mass is 182 g/mol. The third-order valence-electron chi connectivity index (χ3n) is 3.39. The van der Waals surface area contributed by atoms with Crippen molar-refractivity contribution >= 4 is 0 Å². The predicted octanol–water partition coefficient (Wildman–Crippen LogP) is 1.67. The van der Waals surface area contributed by atoms with E-state index in [2.05, 4.69) is 18.8 Å². The van der Waals surface area contributed by atoms with Crippen LogP contribution >= 0.6 is 0 Å². The van der Waals surface area contributed by atoms with Crippen molar-refractivity contribution in [1.29, 1.82) is 0 Å². The van der Waals surface area contributed by atoms with E-state index in [-0.39, 0.29) is 5.54 Å². The molecular weight excluding hydrogens is 160 g/mol. The van der Waals surface area contributed by atoms with E-state index in [1.54, 1.807) is 0 Å². The van der Waals surface area contributed by atoms with E-state index >= 15 is 0 Å². The van der Waals surface area contributed by atoms with E-state index in [9.17, 15) is 0 Å². The van der Waals surface area contributed by atoms with E-state index in [0.717, 1.165) is 25.4 Å². The van der Waals surface area contributed by atoms with Crippen LogP contribution in [-0.2, 0) is 0 Å². The zero-order chi connectivity index (χ0) is 9.73. The number of nitrogens with one attached hydrogen (secondary N) is 1. The van der Waals surface area contributed by atoms with E-state index in [1.807, 2.05) is 6.08 Å². The molecule has 0 spiro atoms. The molecule has 2 atom stereocenters. The van der Waals surface area contributed by atoms with Crippen molar-refractivity contribution < 1.29 is 0 Å². The molecule has 1 aliphatic carbocycles.